The summed E-state index contributed by atoms with van der Waals surface area (Å²) in [5, 5.41) is 7.70. The first-order valence-corrected chi connectivity index (χ1v) is 5.62. The lowest BCUT2D eigenvalue weighted by molar-refractivity contribution is 0.0758. The molecule has 0 aliphatic heterocycles. The van der Waals surface area contributed by atoms with Gasteiger partial charge in [-0.1, -0.05) is 12.1 Å². The molecule has 0 aromatic carbocycles. The molecule has 0 saturated carbocycles. The molecule has 1 rings (SSSR count). The highest BCUT2D eigenvalue weighted by Gasteiger charge is 2.16. The lowest BCUT2D eigenvalue weighted by Crippen LogP contribution is -2.31. The van der Waals surface area contributed by atoms with Crippen molar-refractivity contribution in [2.24, 2.45) is 5.73 Å². The van der Waals surface area contributed by atoms with E-state index in [1.54, 1.807) is 15.8 Å². The number of amides is 1. The zero-order valence-electron chi connectivity index (χ0n) is 9.89. The second-order valence-corrected chi connectivity index (χ2v) is 3.54. The van der Waals surface area contributed by atoms with Crippen LogP contribution in [0.15, 0.2) is 6.20 Å². The average molecular weight is 225 g/mol. The Morgan fingerprint density at radius 1 is 1.56 bits per heavy atom. The van der Waals surface area contributed by atoms with Crippen LogP contribution in [-0.2, 0) is 6.54 Å². The van der Waals surface area contributed by atoms with E-state index in [0.29, 0.717) is 25.3 Å². The second kappa shape index (κ2) is 6.22. The molecule has 0 aliphatic rings. The van der Waals surface area contributed by atoms with Gasteiger partial charge in [0.25, 0.3) is 5.91 Å². The first-order chi connectivity index (χ1) is 7.72. The molecule has 6 heteroatoms. The molecule has 0 saturated heterocycles. The van der Waals surface area contributed by atoms with Crippen molar-refractivity contribution in [1.82, 2.24) is 19.9 Å². The maximum Gasteiger partial charge on any atom is 0.276 e. The summed E-state index contributed by atoms with van der Waals surface area (Å²) in [5.74, 6) is -0.0624. The summed E-state index contributed by atoms with van der Waals surface area (Å²) in [6, 6.07) is 0. The molecule has 6 nitrogen and oxygen atoms in total. The molecule has 1 aromatic heterocycles. The Hall–Kier alpha value is -1.43. The van der Waals surface area contributed by atoms with E-state index >= 15 is 0 Å². The standard InChI is InChI=1S/C10H19N5O/c1-3-6-14(4-2)10(16)9-8-15(7-5-11)13-12-9/h8H,3-7,11H2,1-2H3. The molecule has 1 aromatic rings. The topological polar surface area (TPSA) is 77.0 Å². The summed E-state index contributed by atoms with van der Waals surface area (Å²) in [7, 11) is 0. The molecule has 0 bridgehead atoms. The van der Waals surface area contributed by atoms with Crippen LogP contribution in [0.1, 0.15) is 30.8 Å². The van der Waals surface area contributed by atoms with Gasteiger partial charge in [-0.05, 0) is 13.3 Å². The van der Waals surface area contributed by atoms with Crippen LogP contribution in [0, 0.1) is 0 Å². The summed E-state index contributed by atoms with van der Waals surface area (Å²) in [6.45, 7) is 6.51. The average Bonchev–Trinajstić information content (AvgIpc) is 2.74. The van der Waals surface area contributed by atoms with Crippen molar-refractivity contribution in [3.63, 3.8) is 0 Å². The van der Waals surface area contributed by atoms with Crippen LogP contribution in [0.25, 0.3) is 0 Å². The van der Waals surface area contributed by atoms with Gasteiger partial charge in [-0.3, -0.25) is 9.48 Å². The number of carbonyl (C=O) groups excluding carboxylic acids is 1. The molecule has 0 radical (unpaired) electrons. The van der Waals surface area contributed by atoms with Gasteiger partial charge in [-0.25, -0.2) is 0 Å². The Bertz CT molecular complexity index is 336. The monoisotopic (exact) mass is 225 g/mol. The minimum atomic E-state index is -0.0624. The van der Waals surface area contributed by atoms with E-state index in [2.05, 4.69) is 10.3 Å². The van der Waals surface area contributed by atoms with Crippen LogP contribution in [0.2, 0.25) is 0 Å². The number of hydrogen-bond donors (Lipinski definition) is 1. The number of rotatable bonds is 6. The molecular formula is C10H19N5O. The van der Waals surface area contributed by atoms with Crippen molar-refractivity contribution < 1.29 is 4.79 Å². The van der Waals surface area contributed by atoms with Crippen LogP contribution in [-0.4, -0.2) is 45.4 Å². The van der Waals surface area contributed by atoms with Gasteiger partial charge in [0.2, 0.25) is 0 Å². The molecule has 0 fully saturated rings. The van der Waals surface area contributed by atoms with Gasteiger partial charge in [0.1, 0.15) is 0 Å². The number of aromatic nitrogens is 3. The minimum absolute atomic E-state index is 0.0624. The van der Waals surface area contributed by atoms with Gasteiger partial charge < -0.3 is 10.6 Å². The molecule has 16 heavy (non-hydrogen) atoms. The molecule has 2 N–H and O–H groups in total. The fraction of sp³-hybridized carbons (Fsp3) is 0.700. The Labute approximate surface area is 95.4 Å². The normalized spacial score (nSPS) is 10.4. The summed E-state index contributed by atoms with van der Waals surface area (Å²) in [5.41, 5.74) is 5.79. The molecular weight excluding hydrogens is 206 g/mol. The van der Waals surface area contributed by atoms with Crippen molar-refractivity contribution in [2.45, 2.75) is 26.8 Å². The third-order valence-electron chi connectivity index (χ3n) is 2.28. The van der Waals surface area contributed by atoms with Crippen molar-refractivity contribution in [3.05, 3.63) is 11.9 Å². The predicted octanol–water partition coefficient (Wildman–Crippen LogP) is 0.109. The second-order valence-electron chi connectivity index (χ2n) is 3.54. The summed E-state index contributed by atoms with van der Waals surface area (Å²) >= 11 is 0. The van der Waals surface area contributed by atoms with Crippen molar-refractivity contribution >= 4 is 5.91 Å². The number of carbonyl (C=O) groups is 1. The zero-order chi connectivity index (χ0) is 12.0. The van der Waals surface area contributed by atoms with Crippen LogP contribution in [0.3, 0.4) is 0 Å². The van der Waals surface area contributed by atoms with E-state index in [0.717, 1.165) is 13.0 Å². The highest BCUT2D eigenvalue weighted by Crippen LogP contribution is 2.01. The fourth-order valence-corrected chi connectivity index (χ4v) is 1.47. The fourth-order valence-electron chi connectivity index (χ4n) is 1.47. The summed E-state index contributed by atoms with van der Waals surface area (Å²) in [6.07, 6.45) is 2.59. The van der Waals surface area contributed by atoms with Crippen molar-refractivity contribution in [2.75, 3.05) is 19.6 Å². The number of nitrogens with two attached hydrogens (primary N) is 1. The highest BCUT2D eigenvalue weighted by atomic mass is 16.2. The van der Waals surface area contributed by atoms with Gasteiger partial charge in [0.15, 0.2) is 5.69 Å². The van der Waals surface area contributed by atoms with Crippen LogP contribution in [0.5, 0.6) is 0 Å². The van der Waals surface area contributed by atoms with E-state index in [4.69, 9.17) is 5.73 Å². The van der Waals surface area contributed by atoms with Crippen LogP contribution in [0.4, 0.5) is 0 Å². The third-order valence-corrected chi connectivity index (χ3v) is 2.28. The lowest BCUT2D eigenvalue weighted by Gasteiger charge is -2.18. The van der Waals surface area contributed by atoms with E-state index < -0.39 is 0 Å². The SMILES string of the molecule is CCCN(CC)C(=O)c1cn(CCN)nn1. The largest absolute Gasteiger partial charge is 0.337 e. The molecule has 0 spiro atoms. The van der Waals surface area contributed by atoms with E-state index in [1.807, 2.05) is 13.8 Å². The van der Waals surface area contributed by atoms with Gasteiger partial charge >= 0.3 is 0 Å². The minimum Gasteiger partial charge on any atom is -0.337 e. The first-order valence-electron chi connectivity index (χ1n) is 5.62. The first kappa shape index (κ1) is 12.6. The Morgan fingerprint density at radius 2 is 2.31 bits per heavy atom. The molecule has 0 aliphatic carbocycles. The van der Waals surface area contributed by atoms with E-state index in [1.165, 1.54) is 0 Å². The van der Waals surface area contributed by atoms with Gasteiger partial charge in [-0.15, -0.1) is 5.10 Å². The molecule has 90 valence electrons. The number of nitrogens with zero attached hydrogens (tertiary/aromatic N) is 4. The van der Waals surface area contributed by atoms with Gasteiger partial charge in [-0.2, -0.15) is 0 Å². The third kappa shape index (κ3) is 3.03. The maximum atomic E-state index is 12.0. The van der Waals surface area contributed by atoms with Crippen molar-refractivity contribution in [3.8, 4) is 0 Å². The van der Waals surface area contributed by atoms with Gasteiger partial charge in [0, 0.05) is 19.6 Å². The smallest absolute Gasteiger partial charge is 0.276 e. The van der Waals surface area contributed by atoms with Crippen LogP contribution >= 0.6 is 0 Å². The molecule has 1 heterocycles. The summed E-state index contributed by atoms with van der Waals surface area (Å²) in [4.78, 5) is 13.7. The summed E-state index contributed by atoms with van der Waals surface area (Å²) < 4.78 is 1.59. The van der Waals surface area contributed by atoms with Crippen molar-refractivity contribution in [1.29, 1.82) is 0 Å². The number of hydrogen-bond acceptors (Lipinski definition) is 4. The zero-order valence-corrected chi connectivity index (χ0v) is 9.89. The quantitative estimate of drug-likeness (QED) is 0.745. The van der Waals surface area contributed by atoms with Crippen LogP contribution < -0.4 is 5.73 Å². The lowest BCUT2D eigenvalue weighted by atomic mass is 10.3. The van der Waals surface area contributed by atoms with E-state index in [-0.39, 0.29) is 5.91 Å². The molecule has 0 unspecified atom stereocenters. The predicted molar refractivity (Wildman–Crippen MR) is 60.9 cm³/mol. The maximum absolute atomic E-state index is 12.0. The molecule has 1 amide bonds. The Morgan fingerprint density at radius 3 is 2.88 bits per heavy atom. The van der Waals surface area contributed by atoms with E-state index in [9.17, 15) is 4.79 Å². The van der Waals surface area contributed by atoms with Gasteiger partial charge in [0.05, 0.1) is 12.7 Å². The molecule has 0 atom stereocenters. The Kier molecular flexibility index (Phi) is 4.91. The Balaban J connectivity index is 2.70. The highest BCUT2D eigenvalue weighted by molar-refractivity contribution is 5.91.